The quantitative estimate of drug-likeness (QED) is 0.777. The summed E-state index contributed by atoms with van der Waals surface area (Å²) in [6, 6.07) is 10.2. The molecule has 0 radical (unpaired) electrons. The Kier molecular flexibility index (Phi) is 4.98. The Labute approximate surface area is 114 Å². The summed E-state index contributed by atoms with van der Waals surface area (Å²) in [6.45, 7) is 3.73. The standard InChI is InChI=1S/C15H21N3O/c1-13-12-18(14-8-4-3-5-9-14)15(17-13)16-10-6-7-11-19-2/h3-5,8-9,12H,6-7,10-11H2,1-2H3,(H,16,17). The van der Waals surface area contributed by atoms with Gasteiger partial charge in [-0.1, -0.05) is 18.2 Å². The van der Waals surface area contributed by atoms with E-state index in [1.165, 1.54) is 0 Å². The van der Waals surface area contributed by atoms with Gasteiger partial charge in [0.1, 0.15) is 0 Å². The molecule has 0 atom stereocenters. The van der Waals surface area contributed by atoms with E-state index in [1.807, 2.05) is 31.3 Å². The predicted octanol–water partition coefficient (Wildman–Crippen LogP) is 3.02. The molecule has 0 aliphatic heterocycles. The van der Waals surface area contributed by atoms with Crippen molar-refractivity contribution in [3.8, 4) is 5.69 Å². The van der Waals surface area contributed by atoms with Gasteiger partial charge in [-0.25, -0.2) is 4.98 Å². The normalized spacial score (nSPS) is 10.6. The fourth-order valence-corrected chi connectivity index (χ4v) is 1.98. The number of hydrogen-bond acceptors (Lipinski definition) is 3. The van der Waals surface area contributed by atoms with Gasteiger partial charge < -0.3 is 10.1 Å². The van der Waals surface area contributed by atoms with Crippen LogP contribution >= 0.6 is 0 Å². The summed E-state index contributed by atoms with van der Waals surface area (Å²) in [4.78, 5) is 4.53. The zero-order valence-electron chi connectivity index (χ0n) is 11.6. The monoisotopic (exact) mass is 259 g/mol. The van der Waals surface area contributed by atoms with Crippen LogP contribution in [0.4, 0.5) is 5.95 Å². The van der Waals surface area contributed by atoms with E-state index in [-0.39, 0.29) is 0 Å². The molecule has 0 bridgehead atoms. The van der Waals surface area contributed by atoms with Crippen LogP contribution in [0.15, 0.2) is 36.5 Å². The summed E-state index contributed by atoms with van der Waals surface area (Å²) in [6.07, 6.45) is 4.19. The first-order valence-electron chi connectivity index (χ1n) is 6.65. The van der Waals surface area contributed by atoms with Crippen molar-refractivity contribution in [1.82, 2.24) is 9.55 Å². The minimum absolute atomic E-state index is 0.813. The summed E-state index contributed by atoms with van der Waals surface area (Å²) in [5.41, 5.74) is 2.14. The molecule has 4 nitrogen and oxygen atoms in total. The van der Waals surface area contributed by atoms with Gasteiger partial charge in [0.15, 0.2) is 0 Å². The van der Waals surface area contributed by atoms with Crippen molar-refractivity contribution in [3.05, 3.63) is 42.2 Å². The third-order valence-electron chi connectivity index (χ3n) is 2.92. The lowest BCUT2D eigenvalue weighted by atomic mass is 10.3. The Balaban J connectivity index is 2.01. The molecule has 0 aliphatic rings. The summed E-state index contributed by atoms with van der Waals surface area (Å²) < 4.78 is 7.13. The molecule has 2 rings (SSSR count). The second-order valence-electron chi connectivity index (χ2n) is 4.54. The van der Waals surface area contributed by atoms with Gasteiger partial charge in [-0.3, -0.25) is 4.57 Å². The van der Waals surface area contributed by atoms with E-state index in [2.05, 4.69) is 27.0 Å². The number of hydrogen-bond donors (Lipinski definition) is 1. The first-order chi connectivity index (χ1) is 9.31. The van der Waals surface area contributed by atoms with E-state index < -0.39 is 0 Å². The molecule has 2 aromatic rings. The van der Waals surface area contributed by atoms with Gasteiger partial charge in [-0.05, 0) is 31.9 Å². The molecule has 1 aromatic heterocycles. The van der Waals surface area contributed by atoms with Crippen LogP contribution in [0.3, 0.4) is 0 Å². The van der Waals surface area contributed by atoms with Crippen molar-refractivity contribution < 1.29 is 4.74 Å². The molecule has 1 N–H and O–H groups in total. The van der Waals surface area contributed by atoms with E-state index in [9.17, 15) is 0 Å². The molecule has 1 aromatic carbocycles. The summed E-state index contributed by atoms with van der Waals surface area (Å²) in [5.74, 6) is 0.904. The Hall–Kier alpha value is -1.81. The van der Waals surface area contributed by atoms with Crippen LogP contribution in [0, 0.1) is 6.92 Å². The number of methoxy groups -OCH3 is 1. The van der Waals surface area contributed by atoms with Crippen molar-refractivity contribution in [3.63, 3.8) is 0 Å². The average molecular weight is 259 g/mol. The minimum atomic E-state index is 0.813. The smallest absolute Gasteiger partial charge is 0.207 e. The molecule has 102 valence electrons. The minimum Gasteiger partial charge on any atom is -0.385 e. The molecule has 0 amide bonds. The highest BCUT2D eigenvalue weighted by Gasteiger charge is 2.06. The van der Waals surface area contributed by atoms with Crippen molar-refractivity contribution in [1.29, 1.82) is 0 Å². The molecule has 0 saturated carbocycles. The van der Waals surface area contributed by atoms with Crippen LogP contribution in [0.25, 0.3) is 5.69 Å². The van der Waals surface area contributed by atoms with Crippen molar-refractivity contribution >= 4 is 5.95 Å². The number of aromatic nitrogens is 2. The maximum Gasteiger partial charge on any atom is 0.207 e. The second-order valence-corrected chi connectivity index (χ2v) is 4.54. The fourth-order valence-electron chi connectivity index (χ4n) is 1.98. The Bertz CT molecular complexity index is 493. The molecule has 0 aliphatic carbocycles. The van der Waals surface area contributed by atoms with Gasteiger partial charge in [-0.15, -0.1) is 0 Å². The largest absolute Gasteiger partial charge is 0.385 e. The SMILES string of the molecule is COCCCCNc1nc(C)cn1-c1ccccc1. The number of anilines is 1. The number of nitrogens with zero attached hydrogens (tertiary/aromatic N) is 2. The van der Waals surface area contributed by atoms with Crippen molar-refractivity contribution in [2.24, 2.45) is 0 Å². The summed E-state index contributed by atoms with van der Waals surface area (Å²) >= 11 is 0. The number of imidazole rings is 1. The molecule has 0 unspecified atom stereocenters. The number of rotatable bonds is 7. The first kappa shape index (κ1) is 13.6. The van der Waals surface area contributed by atoms with Crippen molar-refractivity contribution in [2.75, 3.05) is 25.6 Å². The van der Waals surface area contributed by atoms with E-state index >= 15 is 0 Å². The average Bonchev–Trinajstić information content (AvgIpc) is 2.81. The molecule has 0 fully saturated rings. The molecule has 19 heavy (non-hydrogen) atoms. The third-order valence-corrected chi connectivity index (χ3v) is 2.92. The molecule has 1 heterocycles. The van der Waals surface area contributed by atoms with Crippen LogP contribution in [-0.4, -0.2) is 29.8 Å². The van der Waals surface area contributed by atoms with Crippen LogP contribution in [-0.2, 0) is 4.74 Å². The van der Waals surface area contributed by atoms with E-state index in [0.717, 1.165) is 43.3 Å². The number of benzene rings is 1. The summed E-state index contributed by atoms with van der Waals surface area (Å²) in [7, 11) is 1.74. The highest BCUT2D eigenvalue weighted by atomic mass is 16.5. The Morgan fingerprint density at radius 2 is 2.00 bits per heavy atom. The molecule has 4 heteroatoms. The number of nitrogens with one attached hydrogen (secondary N) is 1. The molecular formula is C15H21N3O. The van der Waals surface area contributed by atoms with E-state index in [4.69, 9.17) is 4.74 Å². The summed E-state index contributed by atoms with van der Waals surface area (Å²) in [5, 5.41) is 3.39. The number of unbranched alkanes of at least 4 members (excludes halogenated alkanes) is 1. The van der Waals surface area contributed by atoms with E-state index in [0.29, 0.717) is 0 Å². The third kappa shape index (κ3) is 3.83. The lowest BCUT2D eigenvalue weighted by Gasteiger charge is -2.09. The van der Waals surface area contributed by atoms with Crippen molar-refractivity contribution in [2.45, 2.75) is 19.8 Å². The van der Waals surface area contributed by atoms with Gasteiger partial charge in [0, 0.05) is 32.1 Å². The highest BCUT2D eigenvalue weighted by Crippen LogP contribution is 2.16. The lowest BCUT2D eigenvalue weighted by molar-refractivity contribution is 0.193. The molecule has 0 spiro atoms. The zero-order chi connectivity index (χ0) is 13.5. The van der Waals surface area contributed by atoms with Gasteiger partial charge in [-0.2, -0.15) is 0 Å². The maximum atomic E-state index is 5.04. The fraction of sp³-hybridized carbons (Fsp3) is 0.400. The Morgan fingerprint density at radius 1 is 1.21 bits per heavy atom. The first-order valence-corrected chi connectivity index (χ1v) is 6.65. The van der Waals surface area contributed by atoms with Gasteiger partial charge in [0.25, 0.3) is 0 Å². The lowest BCUT2D eigenvalue weighted by Crippen LogP contribution is -2.08. The Morgan fingerprint density at radius 3 is 2.74 bits per heavy atom. The molecule has 0 saturated heterocycles. The zero-order valence-corrected chi connectivity index (χ0v) is 11.6. The van der Waals surface area contributed by atoms with Gasteiger partial charge >= 0.3 is 0 Å². The molecular weight excluding hydrogens is 238 g/mol. The second kappa shape index (κ2) is 6.95. The van der Waals surface area contributed by atoms with Crippen LogP contribution in [0.2, 0.25) is 0 Å². The highest BCUT2D eigenvalue weighted by molar-refractivity contribution is 5.42. The maximum absolute atomic E-state index is 5.04. The van der Waals surface area contributed by atoms with Crippen LogP contribution < -0.4 is 5.32 Å². The van der Waals surface area contributed by atoms with Crippen LogP contribution in [0.5, 0.6) is 0 Å². The van der Waals surface area contributed by atoms with E-state index in [1.54, 1.807) is 7.11 Å². The predicted molar refractivity (Wildman–Crippen MR) is 77.9 cm³/mol. The van der Waals surface area contributed by atoms with Gasteiger partial charge in [0.05, 0.1) is 5.69 Å². The van der Waals surface area contributed by atoms with Gasteiger partial charge in [0.2, 0.25) is 5.95 Å². The number of ether oxygens (including phenoxy) is 1. The van der Waals surface area contributed by atoms with Crippen LogP contribution in [0.1, 0.15) is 18.5 Å². The number of para-hydroxylation sites is 1. The topological polar surface area (TPSA) is 39.1 Å². The number of aryl methyl sites for hydroxylation is 1.